The van der Waals surface area contributed by atoms with Crippen molar-refractivity contribution in [1.29, 1.82) is 0 Å². The largest absolute Gasteiger partial charge is 0.369 e. The number of pyridine rings is 1. The fourth-order valence-corrected chi connectivity index (χ4v) is 5.03. The Balaban J connectivity index is 1.42. The van der Waals surface area contributed by atoms with Crippen molar-refractivity contribution in [2.45, 2.75) is 23.2 Å². The molecule has 1 aromatic heterocycles. The third kappa shape index (κ3) is 3.76. The van der Waals surface area contributed by atoms with Gasteiger partial charge in [-0.2, -0.15) is 4.31 Å². The Hall–Kier alpha value is -2.03. The molecular weight excluding hydrogens is 379 g/mol. The lowest BCUT2D eigenvalue weighted by atomic mass is 9.95. The van der Waals surface area contributed by atoms with Crippen molar-refractivity contribution >= 4 is 15.8 Å². The minimum absolute atomic E-state index is 0.177. The molecule has 28 heavy (non-hydrogen) atoms. The van der Waals surface area contributed by atoms with Crippen molar-refractivity contribution in [2.75, 3.05) is 45.1 Å². The number of nitrogens with zero attached hydrogens (tertiary/aromatic N) is 3. The van der Waals surface area contributed by atoms with Crippen LogP contribution in [-0.2, 0) is 15.4 Å². The molecular formula is C20H25FN4O2S. The van der Waals surface area contributed by atoms with Crippen LogP contribution >= 0.6 is 0 Å². The summed E-state index contributed by atoms with van der Waals surface area (Å²) in [7, 11) is -1.53. The molecule has 0 radical (unpaired) electrons. The minimum Gasteiger partial charge on any atom is -0.369 e. The highest BCUT2D eigenvalue weighted by molar-refractivity contribution is 7.89. The van der Waals surface area contributed by atoms with E-state index in [1.54, 1.807) is 18.2 Å². The molecule has 1 aliphatic heterocycles. The summed E-state index contributed by atoms with van der Waals surface area (Å²) in [6, 6.07) is 10.2. The molecule has 0 atom stereocenters. The normalized spacial score (nSPS) is 20.1. The number of halogens is 1. The van der Waals surface area contributed by atoms with Gasteiger partial charge in [0.25, 0.3) is 0 Å². The molecule has 2 fully saturated rings. The Morgan fingerprint density at radius 2 is 1.82 bits per heavy atom. The lowest BCUT2D eigenvalue weighted by Gasteiger charge is -2.31. The van der Waals surface area contributed by atoms with E-state index in [2.05, 4.69) is 15.2 Å². The van der Waals surface area contributed by atoms with E-state index in [4.69, 9.17) is 0 Å². The van der Waals surface area contributed by atoms with Crippen LogP contribution in [0.1, 0.15) is 18.4 Å². The van der Waals surface area contributed by atoms with Crippen LogP contribution in [0.25, 0.3) is 0 Å². The van der Waals surface area contributed by atoms with Crippen LogP contribution in [0.2, 0.25) is 0 Å². The van der Waals surface area contributed by atoms with Crippen molar-refractivity contribution in [3.05, 3.63) is 54.0 Å². The molecule has 6 nitrogen and oxygen atoms in total. The molecule has 2 heterocycles. The molecule has 4 rings (SSSR count). The summed E-state index contributed by atoms with van der Waals surface area (Å²) in [5.41, 5.74) is 0.536. The second-order valence-electron chi connectivity index (χ2n) is 7.70. The van der Waals surface area contributed by atoms with Crippen LogP contribution in [0.4, 0.5) is 10.2 Å². The van der Waals surface area contributed by atoms with Gasteiger partial charge in [0.15, 0.2) is 0 Å². The van der Waals surface area contributed by atoms with Gasteiger partial charge in [-0.05, 0) is 43.7 Å². The Morgan fingerprint density at radius 1 is 1.11 bits per heavy atom. The number of nitrogens with one attached hydrogen (secondary N) is 1. The van der Waals surface area contributed by atoms with E-state index in [0.29, 0.717) is 25.5 Å². The number of aromatic nitrogens is 1. The highest BCUT2D eigenvalue weighted by Gasteiger charge is 2.45. The first-order chi connectivity index (χ1) is 13.4. The van der Waals surface area contributed by atoms with Crippen molar-refractivity contribution < 1.29 is 12.8 Å². The van der Waals surface area contributed by atoms with Crippen LogP contribution < -0.4 is 5.32 Å². The monoisotopic (exact) mass is 404 g/mol. The molecule has 0 amide bonds. The highest BCUT2D eigenvalue weighted by Crippen LogP contribution is 2.48. The predicted molar refractivity (Wildman–Crippen MR) is 106 cm³/mol. The molecule has 1 saturated carbocycles. The van der Waals surface area contributed by atoms with Gasteiger partial charge < -0.3 is 10.2 Å². The van der Waals surface area contributed by atoms with Crippen LogP contribution in [-0.4, -0.2) is 62.4 Å². The Morgan fingerprint density at radius 3 is 2.43 bits per heavy atom. The molecule has 2 aliphatic rings. The summed E-state index contributed by atoms with van der Waals surface area (Å²) < 4.78 is 41.1. The van der Waals surface area contributed by atoms with Crippen molar-refractivity contribution in [3.63, 3.8) is 0 Å². The van der Waals surface area contributed by atoms with E-state index in [0.717, 1.165) is 31.5 Å². The molecule has 1 saturated heterocycles. The van der Waals surface area contributed by atoms with E-state index in [-0.39, 0.29) is 16.1 Å². The molecule has 1 N–H and O–H groups in total. The minimum atomic E-state index is -3.52. The van der Waals surface area contributed by atoms with Crippen LogP contribution in [0.3, 0.4) is 0 Å². The number of benzene rings is 1. The highest BCUT2D eigenvalue weighted by atomic mass is 32.2. The molecule has 2 aromatic rings. The quantitative estimate of drug-likeness (QED) is 0.800. The average Bonchev–Trinajstić information content (AvgIpc) is 3.48. The summed E-state index contributed by atoms with van der Waals surface area (Å²) in [4.78, 5) is 6.60. The van der Waals surface area contributed by atoms with Crippen LogP contribution in [0.15, 0.2) is 47.5 Å². The van der Waals surface area contributed by atoms with Crippen LogP contribution in [0, 0.1) is 5.82 Å². The first-order valence-electron chi connectivity index (χ1n) is 9.54. The van der Waals surface area contributed by atoms with E-state index >= 15 is 0 Å². The van der Waals surface area contributed by atoms with E-state index in [9.17, 15) is 12.8 Å². The lowest BCUT2D eigenvalue weighted by molar-refractivity contribution is 0.222. The summed E-state index contributed by atoms with van der Waals surface area (Å²) in [6.07, 6.45) is 3.26. The topological polar surface area (TPSA) is 65.5 Å². The zero-order valence-electron chi connectivity index (χ0n) is 15.9. The zero-order valence-corrected chi connectivity index (χ0v) is 16.8. The smallest absolute Gasteiger partial charge is 0.244 e. The Kier molecular flexibility index (Phi) is 5.11. The van der Waals surface area contributed by atoms with Gasteiger partial charge in [0.05, 0.1) is 0 Å². The molecule has 1 aromatic carbocycles. The van der Waals surface area contributed by atoms with Gasteiger partial charge in [0, 0.05) is 44.3 Å². The number of anilines is 1. The average molecular weight is 405 g/mol. The second-order valence-corrected chi connectivity index (χ2v) is 9.64. The Labute approximate surface area is 165 Å². The lowest BCUT2D eigenvalue weighted by Crippen LogP contribution is -2.47. The number of sulfonamides is 1. The van der Waals surface area contributed by atoms with Gasteiger partial charge in [-0.15, -0.1) is 0 Å². The summed E-state index contributed by atoms with van der Waals surface area (Å²) in [5.74, 6) is 0.420. The second kappa shape index (κ2) is 7.42. The maximum absolute atomic E-state index is 14.1. The fourth-order valence-electron chi connectivity index (χ4n) is 3.66. The maximum Gasteiger partial charge on any atom is 0.244 e. The maximum atomic E-state index is 14.1. The molecule has 0 unspecified atom stereocenters. The zero-order chi connectivity index (χ0) is 19.8. The van der Waals surface area contributed by atoms with E-state index in [1.165, 1.54) is 16.6 Å². The first kappa shape index (κ1) is 19.3. The number of hydrogen-bond donors (Lipinski definition) is 1. The summed E-state index contributed by atoms with van der Waals surface area (Å²) in [6.45, 7) is 3.01. The van der Waals surface area contributed by atoms with Gasteiger partial charge in [-0.25, -0.2) is 17.8 Å². The van der Waals surface area contributed by atoms with Gasteiger partial charge in [-0.3, -0.25) is 0 Å². The molecule has 8 heteroatoms. The van der Waals surface area contributed by atoms with Crippen molar-refractivity contribution in [3.8, 4) is 0 Å². The predicted octanol–water partition coefficient (Wildman–Crippen LogP) is 2.30. The number of rotatable bonds is 6. The number of hydrogen-bond acceptors (Lipinski definition) is 5. The van der Waals surface area contributed by atoms with Gasteiger partial charge in [0.1, 0.15) is 16.5 Å². The van der Waals surface area contributed by atoms with Crippen molar-refractivity contribution in [2.24, 2.45) is 0 Å². The van der Waals surface area contributed by atoms with Gasteiger partial charge in [-0.1, -0.05) is 18.2 Å². The number of likely N-dealkylation sites (N-methyl/N-ethyl adjacent to an activating group) is 1. The molecule has 0 spiro atoms. The van der Waals surface area contributed by atoms with E-state index < -0.39 is 10.0 Å². The standard InChI is InChI=1S/C20H25FN4O2S/c1-24-10-12-25(13-11-24)28(26,27)16-6-7-19(22-14-16)23-15-20(8-9-20)17-4-2-3-5-18(17)21/h2-7,14H,8-13,15H2,1H3,(H,22,23). The molecule has 0 bridgehead atoms. The number of piperazine rings is 1. The Bertz CT molecular complexity index is 937. The fraction of sp³-hybridized carbons (Fsp3) is 0.450. The van der Waals surface area contributed by atoms with Gasteiger partial charge >= 0.3 is 0 Å². The third-order valence-electron chi connectivity index (χ3n) is 5.74. The molecule has 150 valence electrons. The van der Waals surface area contributed by atoms with Crippen molar-refractivity contribution in [1.82, 2.24) is 14.2 Å². The summed E-state index contributed by atoms with van der Waals surface area (Å²) in [5, 5.41) is 3.24. The first-order valence-corrected chi connectivity index (χ1v) is 11.0. The SMILES string of the molecule is CN1CCN(S(=O)(=O)c2ccc(NCC3(c4ccccc4F)CC3)nc2)CC1. The summed E-state index contributed by atoms with van der Waals surface area (Å²) >= 11 is 0. The third-order valence-corrected chi connectivity index (χ3v) is 7.63. The van der Waals surface area contributed by atoms with Crippen LogP contribution in [0.5, 0.6) is 0 Å². The molecule has 1 aliphatic carbocycles. The van der Waals surface area contributed by atoms with Gasteiger partial charge in [0.2, 0.25) is 10.0 Å². The van der Waals surface area contributed by atoms with E-state index in [1.807, 2.05) is 19.2 Å².